The maximum atomic E-state index is 6.51. The maximum Gasteiger partial charge on any atom is 0.111 e. The molecule has 1 aliphatic carbocycles. The summed E-state index contributed by atoms with van der Waals surface area (Å²) in [5.41, 5.74) is 8.65. The zero-order valence-electron chi connectivity index (χ0n) is 11.6. The number of nitrogens with two attached hydrogens (primary N) is 1. The molecule has 102 valence electrons. The summed E-state index contributed by atoms with van der Waals surface area (Å²) < 4.78 is 2.32. The quantitative estimate of drug-likeness (QED) is 0.917. The van der Waals surface area contributed by atoms with E-state index in [1.807, 2.05) is 12.4 Å². The minimum atomic E-state index is -0.0414. The van der Waals surface area contributed by atoms with Crippen molar-refractivity contribution in [2.75, 3.05) is 0 Å². The number of aryl methyl sites for hydroxylation is 1. The Labute approximate surface area is 114 Å². The molecule has 0 aromatic carbocycles. The van der Waals surface area contributed by atoms with Crippen LogP contribution in [0.1, 0.15) is 44.9 Å². The molecule has 0 amide bonds. The number of aromatic nitrogens is 3. The molecule has 0 saturated heterocycles. The topological polar surface area (TPSA) is 56.7 Å². The number of hydrogen-bond acceptors (Lipinski definition) is 3. The molecule has 1 saturated carbocycles. The molecule has 1 fully saturated rings. The number of pyridine rings is 1. The monoisotopic (exact) mass is 258 g/mol. The Morgan fingerprint density at radius 2 is 2.16 bits per heavy atom. The third-order valence-electron chi connectivity index (χ3n) is 4.19. The Morgan fingerprint density at radius 3 is 2.89 bits per heavy atom. The van der Waals surface area contributed by atoms with Gasteiger partial charge in [-0.15, -0.1) is 0 Å². The van der Waals surface area contributed by atoms with Crippen molar-refractivity contribution in [1.82, 2.24) is 14.5 Å². The molecule has 2 aromatic heterocycles. The first-order valence-corrected chi connectivity index (χ1v) is 7.30. The zero-order chi connectivity index (χ0) is 13.3. The van der Waals surface area contributed by atoms with Gasteiger partial charge in [0.2, 0.25) is 0 Å². The van der Waals surface area contributed by atoms with E-state index in [1.54, 1.807) is 0 Å². The van der Waals surface area contributed by atoms with E-state index in [0.29, 0.717) is 0 Å². The van der Waals surface area contributed by atoms with Crippen LogP contribution in [0.15, 0.2) is 18.5 Å². The molecular formula is C15H22N4. The third-order valence-corrected chi connectivity index (χ3v) is 4.19. The van der Waals surface area contributed by atoms with E-state index in [-0.39, 0.29) is 5.54 Å². The molecule has 0 aliphatic heterocycles. The van der Waals surface area contributed by atoms with Gasteiger partial charge in [-0.1, -0.05) is 19.8 Å². The Morgan fingerprint density at radius 1 is 1.37 bits per heavy atom. The van der Waals surface area contributed by atoms with Crippen LogP contribution in [0.2, 0.25) is 0 Å². The van der Waals surface area contributed by atoms with Crippen molar-refractivity contribution in [3.8, 4) is 0 Å². The van der Waals surface area contributed by atoms with Gasteiger partial charge in [0.15, 0.2) is 0 Å². The molecule has 3 rings (SSSR count). The SMILES string of the molecule is CCCn1c(CC2(N)CCCC2)nc2cnccc21. The summed E-state index contributed by atoms with van der Waals surface area (Å²) in [6, 6.07) is 2.05. The average Bonchev–Trinajstić information content (AvgIpc) is 2.96. The van der Waals surface area contributed by atoms with Crippen LogP contribution >= 0.6 is 0 Å². The molecule has 0 bridgehead atoms. The van der Waals surface area contributed by atoms with Crippen molar-refractivity contribution in [1.29, 1.82) is 0 Å². The van der Waals surface area contributed by atoms with Crippen LogP contribution in [0.4, 0.5) is 0 Å². The first-order valence-electron chi connectivity index (χ1n) is 7.30. The lowest BCUT2D eigenvalue weighted by atomic mass is 9.94. The molecule has 0 radical (unpaired) electrons. The predicted octanol–water partition coefficient (Wildman–Crippen LogP) is 2.66. The Hall–Kier alpha value is -1.42. The predicted molar refractivity (Wildman–Crippen MR) is 76.9 cm³/mol. The van der Waals surface area contributed by atoms with Gasteiger partial charge in [-0.25, -0.2) is 4.98 Å². The Kier molecular flexibility index (Phi) is 3.27. The van der Waals surface area contributed by atoms with Crippen LogP contribution in [0.5, 0.6) is 0 Å². The van der Waals surface area contributed by atoms with Gasteiger partial charge in [-0.3, -0.25) is 4.98 Å². The van der Waals surface area contributed by atoms with E-state index in [2.05, 4.69) is 22.5 Å². The summed E-state index contributed by atoms with van der Waals surface area (Å²) in [6.45, 7) is 3.20. The third kappa shape index (κ3) is 2.37. The highest BCUT2D eigenvalue weighted by molar-refractivity contribution is 5.74. The number of rotatable bonds is 4. The van der Waals surface area contributed by atoms with Crippen LogP contribution in [0.3, 0.4) is 0 Å². The fraction of sp³-hybridized carbons (Fsp3) is 0.600. The first kappa shape index (κ1) is 12.6. The van der Waals surface area contributed by atoms with Gasteiger partial charge in [0.25, 0.3) is 0 Å². The van der Waals surface area contributed by atoms with E-state index in [0.717, 1.165) is 43.6 Å². The second-order valence-electron chi connectivity index (χ2n) is 5.79. The summed E-state index contributed by atoms with van der Waals surface area (Å²) in [6.07, 6.45) is 10.5. The summed E-state index contributed by atoms with van der Waals surface area (Å²) in [7, 11) is 0. The normalized spacial score (nSPS) is 18.2. The summed E-state index contributed by atoms with van der Waals surface area (Å²) in [5.74, 6) is 1.13. The van der Waals surface area contributed by atoms with E-state index >= 15 is 0 Å². The summed E-state index contributed by atoms with van der Waals surface area (Å²) in [5, 5.41) is 0. The maximum absolute atomic E-state index is 6.51. The molecule has 2 N–H and O–H groups in total. The number of imidazole rings is 1. The molecule has 1 aliphatic rings. The lowest BCUT2D eigenvalue weighted by Crippen LogP contribution is -2.39. The molecule has 0 atom stereocenters. The van der Waals surface area contributed by atoms with Crippen molar-refractivity contribution in [2.45, 2.75) is 57.5 Å². The molecule has 2 aromatic rings. The Bertz CT molecular complexity index is 567. The highest BCUT2D eigenvalue weighted by Crippen LogP contribution is 2.31. The minimum absolute atomic E-state index is 0.0414. The first-order chi connectivity index (χ1) is 9.22. The second-order valence-corrected chi connectivity index (χ2v) is 5.79. The lowest BCUT2D eigenvalue weighted by molar-refractivity contribution is 0.418. The van der Waals surface area contributed by atoms with Gasteiger partial charge in [-0.05, 0) is 25.3 Å². The zero-order valence-corrected chi connectivity index (χ0v) is 11.6. The average molecular weight is 258 g/mol. The lowest BCUT2D eigenvalue weighted by Gasteiger charge is -2.23. The number of nitrogens with zero attached hydrogens (tertiary/aromatic N) is 3. The minimum Gasteiger partial charge on any atom is -0.328 e. The molecule has 2 heterocycles. The molecule has 0 spiro atoms. The fourth-order valence-electron chi connectivity index (χ4n) is 3.21. The van der Waals surface area contributed by atoms with Gasteiger partial charge >= 0.3 is 0 Å². The molecule has 19 heavy (non-hydrogen) atoms. The molecule has 0 unspecified atom stereocenters. The van der Waals surface area contributed by atoms with Crippen LogP contribution in [0.25, 0.3) is 11.0 Å². The van der Waals surface area contributed by atoms with Gasteiger partial charge in [0.05, 0.1) is 11.7 Å². The molecule has 4 nitrogen and oxygen atoms in total. The number of hydrogen-bond donors (Lipinski definition) is 1. The van der Waals surface area contributed by atoms with Gasteiger partial charge in [0.1, 0.15) is 11.3 Å². The smallest absolute Gasteiger partial charge is 0.111 e. The van der Waals surface area contributed by atoms with Gasteiger partial charge < -0.3 is 10.3 Å². The summed E-state index contributed by atoms with van der Waals surface area (Å²) in [4.78, 5) is 8.93. The van der Waals surface area contributed by atoms with Crippen molar-refractivity contribution < 1.29 is 0 Å². The Balaban J connectivity index is 1.99. The van der Waals surface area contributed by atoms with Crippen molar-refractivity contribution in [2.24, 2.45) is 5.73 Å². The molecular weight excluding hydrogens is 236 g/mol. The fourth-order valence-corrected chi connectivity index (χ4v) is 3.21. The van der Waals surface area contributed by atoms with E-state index in [4.69, 9.17) is 10.7 Å². The van der Waals surface area contributed by atoms with Crippen LogP contribution in [0, 0.1) is 0 Å². The molecule has 4 heteroatoms. The number of fused-ring (bicyclic) bond motifs is 1. The highest BCUT2D eigenvalue weighted by Gasteiger charge is 2.31. The van der Waals surface area contributed by atoms with Gasteiger partial charge in [-0.2, -0.15) is 0 Å². The standard InChI is InChI=1S/C15H22N4/c1-2-9-19-13-5-8-17-11-12(13)18-14(19)10-15(16)6-3-4-7-15/h5,8,11H,2-4,6-7,9-10,16H2,1H3. The second kappa shape index (κ2) is 4.93. The van der Waals surface area contributed by atoms with Crippen molar-refractivity contribution in [3.05, 3.63) is 24.3 Å². The summed E-state index contributed by atoms with van der Waals surface area (Å²) >= 11 is 0. The van der Waals surface area contributed by atoms with Gasteiger partial charge in [0, 0.05) is 24.7 Å². The van der Waals surface area contributed by atoms with Crippen LogP contribution in [-0.4, -0.2) is 20.1 Å². The van der Waals surface area contributed by atoms with E-state index < -0.39 is 0 Å². The largest absolute Gasteiger partial charge is 0.328 e. The highest BCUT2D eigenvalue weighted by atomic mass is 15.1. The van der Waals surface area contributed by atoms with Crippen LogP contribution in [-0.2, 0) is 13.0 Å². The van der Waals surface area contributed by atoms with Crippen molar-refractivity contribution in [3.63, 3.8) is 0 Å². The van der Waals surface area contributed by atoms with E-state index in [1.165, 1.54) is 18.4 Å². The van der Waals surface area contributed by atoms with E-state index in [9.17, 15) is 0 Å². The van der Waals surface area contributed by atoms with Crippen LogP contribution < -0.4 is 5.73 Å². The van der Waals surface area contributed by atoms with Crippen molar-refractivity contribution >= 4 is 11.0 Å².